The van der Waals surface area contributed by atoms with Gasteiger partial charge in [0.1, 0.15) is 0 Å². The van der Waals surface area contributed by atoms with Crippen molar-refractivity contribution in [2.45, 2.75) is 13.3 Å². The number of fused-ring (bicyclic) bond motifs is 1. The molecule has 0 radical (unpaired) electrons. The molecule has 2 rings (SSSR count). The molecule has 2 nitrogen and oxygen atoms in total. The molecule has 3 N–H and O–H groups in total. The van der Waals surface area contributed by atoms with E-state index in [4.69, 9.17) is 17.3 Å². The Morgan fingerprint density at radius 2 is 2.20 bits per heavy atom. The number of hydrogen-bond donors (Lipinski definition) is 2. The normalized spacial score (nSPS) is 11.2. The van der Waals surface area contributed by atoms with E-state index in [2.05, 4.69) is 4.98 Å². The Labute approximate surface area is 92.2 Å². The zero-order chi connectivity index (χ0) is 11.0. The van der Waals surface area contributed by atoms with E-state index >= 15 is 0 Å². The third-order valence-corrected chi connectivity index (χ3v) is 2.86. The van der Waals surface area contributed by atoms with Crippen LogP contribution in [-0.2, 0) is 6.42 Å². The number of rotatable bonds is 2. The van der Waals surface area contributed by atoms with Crippen molar-refractivity contribution in [3.8, 4) is 0 Å². The summed E-state index contributed by atoms with van der Waals surface area (Å²) in [6.45, 7) is 2.41. The first kappa shape index (κ1) is 10.5. The van der Waals surface area contributed by atoms with Gasteiger partial charge in [0.25, 0.3) is 0 Å². The molecule has 1 aromatic heterocycles. The van der Waals surface area contributed by atoms with E-state index < -0.39 is 0 Å². The van der Waals surface area contributed by atoms with Crippen LogP contribution in [0.4, 0.5) is 4.39 Å². The molecule has 80 valence electrons. The summed E-state index contributed by atoms with van der Waals surface area (Å²) in [5.74, 6) is -0.359. The van der Waals surface area contributed by atoms with Crippen LogP contribution in [0.25, 0.3) is 10.9 Å². The van der Waals surface area contributed by atoms with Crippen LogP contribution in [0.15, 0.2) is 12.1 Å². The molecule has 0 aliphatic heterocycles. The molecule has 0 unspecified atom stereocenters. The Morgan fingerprint density at radius 1 is 1.47 bits per heavy atom. The monoisotopic (exact) mass is 226 g/mol. The summed E-state index contributed by atoms with van der Waals surface area (Å²) in [6, 6.07) is 3.34. The highest BCUT2D eigenvalue weighted by Gasteiger charge is 2.14. The Balaban J connectivity index is 2.77. The molecule has 0 fully saturated rings. The number of nitrogens with one attached hydrogen (secondary N) is 1. The molecule has 0 aliphatic rings. The average Bonchev–Trinajstić information content (AvgIpc) is 2.51. The quantitative estimate of drug-likeness (QED) is 0.813. The van der Waals surface area contributed by atoms with E-state index in [1.54, 1.807) is 12.1 Å². The average molecular weight is 227 g/mol. The fourth-order valence-corrected chi connectivity index (χ4v) is 2.03. The van der Waals surface area contributed by atoms with Crippen LogP contribution in [0, 0.1) is 12.7 Å². The summed E-state index contributed by atoms with van der Waals surface area (Å²) in [5, 5.41) is 0.727. The number of halogens is 2. The van der Waals surface area contributed by atoms with Crippen molar-refractivity contribution in [1.82, 2.24) is 4.98 Å². The van der Waals surface area contributed by atoms with Crippen LogP contribution in [0.3, 0.4) is 0 Å². The zero-order valence-electron chi connectivity index (χ0n) is 8.40. The second-order valence-corrected chi connectivity index (χ2v) is 3.96. The molecular formula is C11H12ClFN2. The van der Waals surface area contributed by atoms with E-state index in [9.17, 15) is 4.39 Å². The maximum absolute atomic E-state index is 13.8. The van der Waals surface area contributed by atoms with Gasteiger partial charge in [-0.05, 0) is 37.6 Å². The van der Waals surface area contributed by atoms with E-state index in [0.29, 0.717) is 18.4 Å². The van der Waals surface area contributed by atoms with E-state index in [-0.39, 0.29) is 10.8 Å². The van der Waals surface area contributed by atoms with E-state index in [1.807, 2.05) is 6.92 Å². The van der Waals surface area contributed by atoms with Gasteiger partial charge in [-0.2, -0.15) is 0 Å². The standard InChI is InChI=1S/C11H12ClFN2/c1-6-7(4-5-14)10-9(15-6)3-2-8(12)11(10)13/h2-3,15H,4-5,14H2,1H3. The van der Waals surface area contributed by atoms with Gasteiger partial charge in [-0.1, -0.05) is 11.6 Å². The van der Waals surface area contributed by atoms with Gasteiger partial charge in [-0.15, -0.1) is 0 Å². The number of aromatic amines is 1. The van der Waals surface area contributed by atoms with Crippen LogP contribution in [-0.4, -0.2) is 11.5 Å². The minimum absolute atomic E-state index is 0.153. The lowest BCUT2D eigenvalue weighted by Gasteiger charge is -2.00. The highest BCUT2D eigenvalue weighted by Crippen LogP contribution is 2.29. The predicted octanol–water partition coefficient (Wildman–Crippen LogP) is 2.77. The molecule has 1 heterocycles. The van der Waals surface area contributed by atoms with Crippen LogP contribution >= 0.6 is 11.6 Å². The van der Waals surface area contributed by atoms with Gasteiger partial charge in [0.15, 0.2) is 5.82 Å². The highest BCUT2D eigenvalue weighted by atomic mass is 35.5. The predicted molar refractivity (Wildman–Crippen MR) is 60.8 cm³/mol. The van der Waals surface area contributed by atoms with Crippen LogP contribution in [0.1, 0.15) is 11.3 Å². The first-order valence-electron chi connectivity index (χ1n) is 4.80. The zero-order valence-corrected chi connectivity index (χ0v) is 9.16. The Hall–Kier alpha value is -1.06. The topological polar surface area (TPSA) is 41.8 Å². The summed E-state index contributed by atoms with van der Waals surface area (Å²) >= 11 is 5.75. The number of nitrogens with two attached hydrogens (primary N) is 1. The summed E-state index contributed by atoms with van der Waals surface area (Å²) in [4.78, 5) is 3.13. The lowest BCUT2D eigenvalue weighted by molar-refractivity contribution is 0.639. The number of benzene rings is 1. The molecular weight excluding hydrogens is 215 g/mol. The van der Waals surface area contributed by atoms with Crippen molar-refractivity contribution < 1.29 is 4.39 Å². The SMILES string of the molecule is Cc1[nH]c2ccc(Cl)c(F)c2c1CCN. The van der Waals surface area contributed by atoms with Crippen molar-refractivity contribution in [2.24, 2.45) is 5.73 Å². The number of aromatic nitrogens is 1. The number of hydrogen-bond acceptors (Lipinski definition) is 1. The minimum atomic E-state index is -0.359. The Bertz CT molecular complexity index is 505. The van der Waals surface area contributed by atoms with E-state index in [1.165, 1.54) is 0 Å². The van der Waals surface area contributed by atoms with Gasteiger partial charge in [0, 0.05) is 16.6 Å². The van der Waals surface area contributed by atoms with Crippen LogP contribution in [0.5, 0.6) is 0 Å². The smallest absolute Gasteiger partial charge is 0.151 e. The van der Waals surface area contributed by atoms with Crippen molar-refractivity contribution in [1.29, 1.82) is 0 Å². The van der Waals surface area contributed by atoms with Gasteiger partial charge in [-0.25, -0.2) is 4.39 Å². The van der Waals surface area contributed by atoms with Crippen molar-refractivity contribution in [3.63, 3.8) is 0 Å². The molecule has 0 saturated heterocycles. The largest absolute Gasteiger partial charge is 0.358 e. The lowest BCUT2D eigenvalue weighted by Crippen LogP contribution is -2.03. The molecule has 15 heavy (non-hydrogen) atoms. The summed E-state index contributed by atoms with van der Waals surface area (Å²) in [6.07, 6.45) is 0.656. The van der Waals surface area contributed by atoms with Gasteiger partial charge in [-0.3, -0.25) is 0 Å². The minimum Gasteiger partial charge on any atom is -0.358 e. The lowest BCUT2D eigenvalue weighted by atomic mass is 10.1. The van der Waals surface area contributed by atoms with Gasteiger partial charge < -0.3 is 10.7 Å². The molecule has 0 bridgehead atoms. The fourth-order valence-electron chi connectivity index (χ4n) is 1.87. The number of H-pyrrole nitrogens is 1. The first-order chi connectivity index (χ1) is 7.15. The van der Waals surface area contributed by atoms with Gasteiger partial charge in [0.2, 0.25) is 0 Å². The second-order valence-electron chi connectivity index (χ2n) is 3.55. The van der Waals surface area contributed by atoms with Gasteiger partial charge in [0.05, 0.1) is 5.02 Å². The third kappa shape index (κ3) is 1.62. The maximum Gasteiger partial charge on any atom is 0.151 e. The Kier molecular flexibility index (Phi) is 2.67. The molecule has 0 aliphatic carbocycles. The van der Waals surface area contributed by atoms with Gasteiger partial charge >= 0.3 is 0 Å². The van der Waals surface area contributed by atoms with Crippen molar-refractivity contribution >= 4 is 22.5 Å². The molecule has 0 amide bonds. The summed E-state index contributed by atoms with van der Waals surface area (Å²) in [5.41, 5.74) is 8.15. The van der Waals surface area contributed by atoms with Crippen LogP contribution in [0.2, 0.25) is 5.02 Å². The number of aryl methyl sites for hydroxylation is 1. The second kappa shape index (κ2) is 3.83. The maximum atomic E-state index is 13.8. The molecule has 0 saturated carbocycles. The van der Waals surface area contributed by atoms with Crippen LogP contribution < -0.4 is 5.73 Å². The van der Waals surface area contributed by atoms with Crippen molar-refractivity contribution in [3.05, 3.63) is 34.2 Å². The molecule has 1 aromatic carbocycles. The summed E-state index contributed by atoms with van der Waals surface area (Å²) < 4.78 is 13.8. The Morgan fingerprint density at radius 3 is 2.87 bits per heavy atom. The molecule has 2 aromatic rings. The third-order valence-electron chi connectivity index (χ3n) is 2.57. The molecule has 0 atom stereocenters. The molecule has 0 spiro atoms. The van der Waals surface area contributed by atoms with Crippen molar-refractivity contribution in [2.75, 3.05) is 6.54 Å². The molecule has 4 heteroatoms. The summed E-state index contributed by atoms with van der Waals surface area (Å²) in [7, 11) is 0. The fraction of sp³-hybridized carbons (Fsp3) is 0.273. The highest BCUT2D eigenvalue weighted by molar-refractivity contribution is 6.31. The first-order valence-corrected chi connectivity index (χ1v) is 5.18. The van der Waals surface area contributed by atoms with E-state index in [0.717, 1.165) is 16.8 Å².